The summed E-state index contributed by atoms with van der Waals surface area (Å²) >= 11 is 0. The lowest BCUT2D eigenvalue weighted by atomic mass is 10.1. The third-order valence-corrected chi connectivity index (χ3v) is 3.38. The Kier molecular flexibility index (Phi) is 2.96. The molecule has 2 heterocycles. The van der Waals surface area contributed by atoms with E-state index in [1.165, 1.54) is 6.42 Å². The van der Waals surface area contributed by atoms with Crippen LogP contribution in [0.4, 0.5) is 0 Å². The minimum Gasteiger partial charge on any atom is -0.454 e. The third kappa shape index (κ3) is 1.96. The van der Waals surface area contributed by atoms with Gasteiger partial charge >= 0.3 is 0 Å². The topological polar surface area (TPSA) is 54.3 Å². The highest BCUT2D eigenvalue weighted by Gasteiger charge is 2.20. The van der Waals surface area contributed by atoms with Gasteiger partial charge in [-0.25, -0.2) is 0 Å². The van der Waals surface area contributed by atoms with Crippen LogP contribution >= 0.6 is 0 Å². The van der Waals surface area contributed by atoms with Crippen LogP contribution in [0.1, 0.15) is 24.8 Å². The minimum absolute atomic E-state index is 0.258. The molecule has 0 amide bonds. The van der Waals surface area contributed by atoms with Crippen molar-refractivity contribution in [3.05, 3.63) is 23.8 Å². The first-order chi connectivity index (χ1) is 8.88. The number of piperidine rings is 1. The van der Waals surface area contributed by atoms with Crippen molar-refractivity contribution in [2.24, 2.45) is 5.16 Å². The van der Waals surface area contributed by atoms with Crippen molar-refractivity contribution in [3.63, 3.8) is 0 Å². The maximum atomic E-state index is 9.25. The molecule has 0 aromatic heterocycles. The first-order valence-corrected chi connectivity index (χ1v) is 6.25. The van der Waals surface area contributed by atoms with Gasteiger partial charge < -0.3 is 19.6 Å². The maximum absolute atomic E-state index is 9.25. The molecular formula is C13H16N2O3. The van der Waals surface area contributed by atoms with E-state index in [2.05, 4.69) is 10.1 Å². The van der Waals surface area contributed by atoms with Gasteiger partial charge in [-0.2, -0.15) is 0 Å². The summed E-state index contributed by atoms with van der Waals surface area (Å²) in [5.74, 6) is 2.08. The molecule has 0 bridgehead atoms. The van der Waals surface area contributed by atoms with Gasteiger partial charge in [-0.3, -0.25) is 0 Å². The van der Waals surface area contributed by atoms with Gasteiger partial charge in [0.1, 0.15) is 0 Å². The predicted molar refractivity (Wildman–Crippen MR) is 66.3 cm³/mol. The van der Waals surface area contributed by atoms with E-state index in [0.29, 0.717) is 11.6 Å². The van der Waals surface area contributed by atoms with Crippen LogP contribution < -0.4 is 9.47 Å². The van der Waals surface area contributed by atoms with E-state index in [1.54, 1.807) is 0 Å². The van der Waals surface area contributed by atoms with Gasteiger partial charge in [0.05, 0.1) is 0 Å². The smallest absolute Gasteiger partial charge is 0.231 e. The molecule has 0 atom stereocenters. The summed E-state index contributed by atoms with van der Waals surface area (Å²) in [5, 5.41) is 12.7. The van der Waals surface area contributed by atoms with Crippen LogP contribution in [0.5, 0.6) is 11.5 Å². The lowest BCUT2D eigenvalue weighted by Crippen LogP contribution is -2.36. The third-order valence-electron chi connectivity index (χ3n) is 3.38. The largest absolute Gasteiger partial charge is 0.454 e. The SMILES string of the molecule is O/N=C(/c1ccc2c(c1)OCO2)N1CCCCC1. The monoisotopic (exact) mass is 248 g/mol. The maximum Gasteiger partial charge on any atom is 0.231 e. The highest BCUT2D eigenvalue weighted by molar-refractivity contribution is 5.99. The molecule has 1 fully saturated rings. The first kappa shape index (κ1) is 11.2. The molecule has 0 aliphatic carbocycles. The van der Waals surface area contributed by atoms with E-state index in [4.69, 9.17) is 9.47 Å². The van der Waals surface area contributed by atoms with E-state index in [0.717, 1.165) is 37.2 Å². The van der Waals surface area contributed by atoms with Crippen molar-refractivity contribution in [3.8, 4) is 11.5 Å². The number of oxime groups is 1. The second-order valence-electron chi connectivity index (χ2n) is 4.54. The molecule has 1 saturated heterocycles. The standard InChI is InChI=1S/C13H16N2O3/c16-14-13(15-6-2-1-3-7-15)10-4-5-11-12(8-10)18-9-17-11/h4-5,8,16H,1-3,6-7,9H2/b14-13-. The fourth-order valence-corrected chi connectivity index (χ4v) is 2.44. The van der Waals surface area contributed by atoms with Crippen molar-refractivity contribution in [2.45, 2.75) is 19.3 Å². The van der Waals surface area contributed by atoms with Gasteiger partial charge in [0.2, 0.25) is 6.79 Å². The van der Waals surface area contributed by atoms with Gasteiger partial charge in [0.15, 0.2) is 17.3 Å². The number of ether oxygens (including phenoxy) is 2. The second kappa shape index (κ2) is 4.76. The highest BCUT2D eigenvalue weighted by Crippen LogP contribution is 2.33. The zero-order chi connectivity index (χ0) is 12.4. The average molecular weight is 248 g/mol. The number of amidine groups is 1. The van der Waals surface area contributed by atoms with Crippen molar-refractivity contribution >= 4 is 5.84 Å². The van der Waals surface area contributed by atoms with E-state index < -0.39 is 0 Å². The van der Waals surface area contributed by atoms with Crippen LogP contribution in [0, 0.1) is 0 Å². The summed E-state index contributed by atoms with van der Waals surface area (Å²) in [5.41, 5.74) is 0.864. The number of likely N-dealkylation sites (tertiary alicyclic amines) is 1. The molecule has 5 heteroatoms. The molecule has 2 aliphatic rings. The Balaban J connectivity index is 1.87. The Labute approximate surface area is 106 Å². The molecule has 1 aromatic rings. The van der Waals surface area contributed by atoms with Crippen molar-refractivity contribution < 1.29 is 14.7 Å². The van der Waals surface area contributed by atoms with Crippen molar-refractivity contribution in [1.29, 1.82) is 0 Å². The fraction of sp³-hybridized carbons (Fsp3) is 0.462. The summed E-state index contributed by atoms with van der Waals surface area (Å²) in [7, 11) is 0. The average Bonchev–Trinajstić information content (AvgIpc) is 2.88. The lowest BCUT2D eigenvalue weighted by Gasteiger charge is -2.28. The molecular weight excluding hydrogens is 232 g/mol. The lowest BCUT2D eigenvalue weighted by molar-refractivity contribution is 0.174. The van der Waals surface area contributed by atoms with E-state index in [9.17, 15) is 5.21 Å². The molecule has 1 N–H and O–H groups in total. The molecule has 5 nitrogen and oxygen atoms in total. The molecule has 3 rings (SSSR count). The first-order valence-electron chi connectivity index (χ1n) is 6.25. The van der Waals surface area contributed by atoms with Crippen molar-refractivity contribution in [1.82, 2.24) is 4.90 Å². The van der Waals surface area contributed by atoms with Crippen molar-refractivity contribution in [2.75, 3.05) is 19.9 Å². The number of rotatable bonds is 1. The van der Waals surface area contributed by atoms with Gasteiger partial charge in [-0.1, -0.05) is 5.16 Å². The Hall–Kier alpha value is -1.91. The van der Waals surface area contributed by atoms with Crippen LogP contribution in [0.25, 0.3) is 0 Å². The Morgan fingerprint density at radius 1 is 1.11 bits per heavy atom. The van der Waals surface area contributed by atoms with E-state index >= 15 is 0 Å². The number of hydrogen-bond donors (Lipinski definition) is 1. The molecule has 0 unspecified atom stereocenters. The highest BCUT2D eigenvalue weighted by atomic mass is 16.7. The predicted octanol–water partition coefficient (Wildman–Crippen LogP) is 2.04. The molecule has 0 radical (unpaired) electrons. The van der Waals surface area contributed by atoms with E-state index in [1.807, 2.05) is 18.2 Å². The molecule has 1 aromatic carbocycles. The van der Waals surface area contributed by atoms with Crippen LogP contribution in [-0.2, 0) is 0 Å². The normalized spacial score (nSPS) is 19.1. The Morgan fingerprint density at radius 3 is 2.67 bits per heavy atom. The number of benzene rings is 1. The van der Waals surface area contributed by atoms with Gasteiger partial charge in [-0.05, 0) is 37.5 Å². The summed E-state index contributed by atoms with van der Waals surface area (Å²) < 4.78 is 10.6. The molecule has 0 saturated carbocycles. The molecule has 96 valence electrons. The fourth-order valence-electron chi connectivity index (χ4n) is 2.44. The van der Waals surface area contributed by atoms with Crippen LogP contribution in [0.3, 0.4) is 0 Å². The van der Waals surface area contributed by atoms with Gasteiger partial charge in [0.25, 0.3) is 0 Å². The molecule has 0 spiro atoms. The number of fused-ring (bicyclic) bond motifs is 1. The van der Waals surface area contributed by atoms with Gasteiger partial charge in [0, 0.05) is 18.7 Å². The summed E-state index contributed by atoms with van der Waals surface area (Å²) in [6.07, 6.45) is 3.53. The second-order valence-corrected chi connectivity index (χ2v) is 4.54. The summed E-state index contributed by atoms with van der Waals surface area (Å²) in [6, 6.07) is 5.62. The zero-order valence-electron chi connectivity index (χ0n) is 10.1. The Bertz CT molecular complexity index is 467. The summed E-state index contributed by atoms with van der Waals surface area (Å²) in [6.45, 7) is 2.13. The number of hydrogen-bond acceptors (Lipinski definition) is 4. The van der Waals surface area contributed by atoms with E-state index in [-0.39, 0.29) is 6.79 Å². The van der Waals surface area contributed by atoms with Gasteiger partial charge in [-0.15, -0.1) is 0 Å². The van der Waals surface area contributed by atoms with Crippen LogP contribution in [-0.4, -0.2) is 35.8 Å². The minimum atomic E-state index is 0.258. The Morgan fingerprint density at radius 2 is 1.89 bits per heavy atom. The quantitative estimate of drug-likeness (QED) is 0.357. The molecule has 2 aliphatic heterocycles. The van der Waals surface area contributed by atoms with Crippen LogP contribution in [0.2, 0.25) is 0 Å². The van der Waals surface area contributed by atoms with Crippen LogP contribution in [0.15, 0.2) is 23.4 Å². The number of nitrogens with zero attached hydrogens (tertiary/aromatic N) is 2. The zero-order valence-corrected chi connectivity index (χ0v) is 10.1. The molecule has 18 heavy (non-hydrogen) atoms. The summed E-state index contributed by atoms with van der Waals surface area (Å²) in [4.78, 5) is 2.11.